The number of hydrogen-bond donors (Lipinski definition) is 0. The molecule has 31 heavy (non-hydrogen) atoms. The van der Waals surface area contributed by atoms with Crippen LogP contribution in [-0.4, -0.2) is 54.1 Å². The van der Waals surface area contributed by atoms with Gasteiger partial charge in [0.15, 0.2) is 0 Å². The highest BCUT2D eigenvalue weighted by Gasteiger charge is 2.54. The van der Waals surface area contributed by atoms with Gasteiger partial charge < -0.3 is 14.4 Å². The van der Waals surface area contributed by atoms with E-state index in [4.69, 9.17) is 21.1 Å². The molecule has 2 saturated heterocycles. The fraction of sp³-hybridized carbons (Fsp3) is 0.478. The normalized spacial score (nSPS) is 27.1. The second-order valence-corrected chi connectivity index (χ2v) is 9.17. The van der Waals surface area contributed by atoms with Gasteiger partial charge in [0.2, 0.25) is 5.92 Å². The Balaban J connectivity index is 1.21. The molecule has 5 rings (SSSR count). The Labute approximate surface area is 184 Å². The second-order valence-electron chi connectivity index (χ2n) is 8.76. The lowest BCUT2D eigenvalue weighted by Crippen LogP contribution is -2.65. The van der Waals surface area contributed by atoms with Gasteiger partial charge >= 0.3 is 0 Å². The highest BCUT2D eigenvalue weighted by molar-refractivity contribution is 6.32. The minimum atomic E-state index is -2.57. The summed E-state index contributed by atoms with van der Waals surface area (Å²) >= 11 is 6.30. The predicted molar refractivity (Wildman–Crippen MR) is 111 cm³/mol. The standard InChI is InChI=1S/C23H23ClF2N2O3/c24-17-9-16(4-5-18(17)30-13-15-10-23(25,26)11-15)21(29)28-8-6-22(14-31-20(22)12-28)19-3-1-2-7-27-19/h1-5,7,9,15,20H,6,8,10-14H2. The smallest absolute Gasteiger partial charge is 0.253 e. The molecule has 2 unspecified atom stereocenters. The molecule has 1 amide bonds. The molecule has 1 saturated carbocycles. The van der Waals surface area contributed by atoms with Gasteiger partial charge in [0.05, 0.1) is 35.4 Å². The Bertz CT molecular complexity index is 982. The molecule has 2 aliphatic heterocycles. The molecule has 3 fully saturated rings. The van der Waals surface area contributed by atoms with Gasteiger partial charge in [0.1, 0.15) is 5.75 Å². The van der Waals surface area contributed by atoms with Crippen molar-refractivity contribution < 1.29 is 23.0 Å². The van der Waals surface area contributed by atoms with Gasteiger partial charge in [-0.2, -0.15) is 0 Å². The molecular formula is C23H23ClF2N2O3. The van der Waals surface area contributed by atoms with Crippen LogP contribution < -0.4 is 4.74 Å². The van der Waals surface area contributed by atoms with E-state index in [9.17, 15) is 13.6 Å². The lowest BCUT2D eigenvalue weighted by molar-refractivity contribution is -0.169. The number of benzene rings is 1. The van der Waals surface area contributed by atoms with Crippen LogP contribution in [-0.2, 0) is 10.2 Å². The quantitative estimate of drug-likeness (QED) is 0.682. The zero-order chi connectivity index (χ0) is 21.6. The molecule has 5 nitrogen and oxygen atoms in total. The van der Waals surface area contributed by atoms with Gasteiger partial charge in [0, 0.05) is 43.6 Å². The van der Waals surface area contributed by atoms with Crippen LogP contribution in [0, 0.1) is 5.92 Å². The molecule has 0 spiro atoms. The van der Waals surface area contributed by atoms with Gasteiger partial charge in [-0.3, -0.25) is 9.78 Å². The van der Waals surface area contributed by atoms with Crippen molar-refractivity contribution in [1.29, 1.82) is 0 Å². The summed E-state index contributed by atoms with van der Waals surface area (Å²) in [5, 5.41) is 0.302. The van der Waals surface area contributed by atoms with E-state index in [2.05, 4.69) is 4.98 Å². The third kappa shape index (κ3) is 3.78. The fourth-order valence-electron chi connectivity index (χ4n) is 4.74. The van der Waals surface area contributed by atoms with E-state index in [1.165, 1.54) is 0 Å². The fourth-order valence-corrected chi connectivity index (χ4v) is 4.98. The summed E-state index contributed by atoms with van der Waals surface area (Å²) in [6, 6.07) is 10.8. The first-order chi connectivity index (χ1) is 14.9. The first-order valence-electron chi connectivity index (χ1n) is 10.5. The molecule has 3 heterocycles. The number of nitrogens with zero attached hydrogens (tertiary/aromatic N) is 2. The Kier molecular flexibility index (Phi) is 5.13. The van der Waals surface area contributed by atoms with Crippen LogP contribution in [0.15, 0.2) is 42.6 Å². The number of alkyl halides is 2. The van der Waals surface area contributed by atoms with Crippen molar-refractivity contribution in [3.8, 4) is 5.75 Å². The maximum Gasteiger partial charge on any atom is 0.253 e. The number of pyridine rings is 1. The van der Waals surface area contributed by atoms with E-state index in [1.807, 2.05) is 18.2 Å². The number of rotatable bonds is 5. The van der Waals surface area contributed by atoms with Crippen molar-refractivity contribution in [2.24, 2.45) is 5.92 Å². The van der Waals surface area contributed by atoms with Crippen LogP contribution in [0.25, 0.3) is 0 Å². The molecule has 164 valence electrons. The summed E-state index contributed by atoms with van der Waals surface area (Å²) in [6.45, 7) is 1.94. The average molecular weight is 449 g/mol. The number of hydrogen-bond acceptors (Lipinski definition) is 4. The van der Waals surface area contributed by atoms with E-state index in [0.29, 0.717) is 36.0 Å². The third-order valence-electron chi connectivity index (χ3n) is 6.66. The average Bonchev–Trinajstić information content (AvgIpc) is 2.72. The molecule has 0 radical (unpaired) electrons. The first-order valence-corrected chi connectivity index (χ1v) is 10.9. The van der Waals surface area contributed by atoms with Gasteiger partial charge in [-0.15, -0.1) is 0 Å². The molecule has 0 bridgehead atoms. The first kappa shape index (κ1) is 20.6. The molecule has 1 aliphatic carbocycles. The Hall–Kier alpha value is -2.25. The predicted octanol–water partition coefficient (Wildman–Crippen LogP) is 4.34. The molecule has 1 aromatic carbocycles. The summed E-state index contributed by atoms with van der Waals surface area (Å²) in [4.78, 5) is 19.3. The molecule has 1 aromatic heterocycles. The summed E-state index contributed by atoms with van der Waals surface area (Å²) < 4.78 is 37.3. The number of fused-ring (bicyclic) bond motifs is 1. The van der Waals surface area contributed by atoms with Crippen LogP contribution in [0.3, 0.4) is 0 Å². The summed E-state index contributed by atoms with van der Waals surface area (Å²) in [5.74, 6) is -2.44. The van der Waals surface area contributed by atoms with E-state index in [0.717, 1.165) is 12.1 Å². The summed E-state index contributed by atoms with van der Waals surface area (Å²) in [6.07, 6.45) is 2.21. The summed E-state index contributed by atoms with van der Waals surface area (Å²) in [5.41, 5.74) is 1.37. The largest absolute Gasteiger partial charge is 0.492 e. The van der Waals surface area contributed by atoms with Crippen molar-refractivity contribution in [2.75, 3.05) is 26.3 Å². The van der Waals surface area contributed by atoms with Crippen LogP contribution in [0.1, 0.15) is 35.3 Å². The second kappa shape index (κ2) is 7.71. The van der Waals surface area contributed by atoms with E-state index >= 15 is 0 Å². The number of likely N-dealkylation sites (tertiary alicyclic amines) is 1. The Morgan fingerprint density at radius 2 is 2.13 bits per heavy atom. The van der Waals surface area contributed by atoms with E-state index in [-0.39, 0.29) is 42.8 Å². The van der Waals surface area contributed by atoms with Gasteiger partial charge in [-0.25, -0.2) is 8.78 Å². The van der Waals surface area contributed by atoms with Crippen LogP contribution in [0.4, 0.5) is 8.78 Å². The van der Waals surface area contributed by atoms with Gasteiger partial charge in [-0.05, 0) is 36.8 Å². The minimum absolute atomic E-state index is 0.0706. The maximum absolute atomic E-state index is 13.0. The maximum atomic E-state index is 13.0. The highest BCUT2D eigenvalue weighted by atomic mass is 35.5. The zero-order valence-electron chi connectivity index (χ0n) is 16.9. The monoisotopic (exact) mass is 448 g/mol. The molecule has 2 atom stereocenters. The molecule has 0 N–H and O–H groups in total. The van der Waals surface area contributed by atoms with Crippen molar-refractivity contribution in [2.45, 2.75) is 36.7 Å². The van der Waals surface area contributed by atoms with Gasteiger partial charge in [0.25, 0.3) is 5.91 Å². The van der Waals surface area contributed by atoms with Crippen molar-refractivity contribution >= 4 is 17.5 Å². The molecule has 2 aromatic rings. The van der Waals surface area contributed by atoms with E-state index < -0.39 is 5.92 Å². The van der Waals surface area contributed by atoms with Crippen molar-refractivity contribution in [3.63, 3.8) is 0 Å². The number of carbonyl (C=O) groups is 1. The number of piperidine rings is 1. The number of halogens is 3. The lowest BCUT2D eigenvalue weighted by atomic mass is 9.70. The Morgan fingerprint density at radius 1 is 1.29 bits per heavy atom. The SMILES string of the molecule is O=C(c1ccc(OCC2CC(F)(F)C2)c(Cl)c1)N1CCC2(c3ccccn3)COC2C1. The van der Waals surface area contributed by atoms with Gasteiger partial charge in [-0.1, -0.05) is 17.7 Å². The summed E-state index contributed by atoms with van der Waals surface area (Å²) in [7, 11) is 0. The van der Waals surface area contributed by atoms with Crippen LogP contribution in [0.5, 0.6) is 5.75 Å². The minimum Gasteiger partial charge on any atom is -0.492 e. The molecular weight excluding hydrogens is 426 g/mol. The number of carbonyl (C=O) groups excluding carboxylic acids is 1. The molecule has 8 heteroatoms. The number of aromatic nitrogens is 1. The number of ether oxygens (including phenoxy) is 2. The third-order valence-corrected chi connectivity index (χ3v) is 6.96. The molecule has 3 aliphatic rings. The zero-order valence-corrected chi connectivity index (χ0v) is 17.7. The highest BCUT2D eigenvalue weighted by Crippen LogP contribution is 2.44. The van der Waals surface area contributed by atoms with Crippen LogP contribution in [0.2, 0.25) is 5.02 Å². The van der Waals surface area contributed by atoms with Crippen molar-refractivity contribution in [1.82, 2.24) is 9.88 Å². The lowest BCUT2D eigenvalue weighted by Gasteiger charge is -2.54. The Morgan fingerprint density at radius 3 is 2.74 bits per heavy atom. The topological polar surface area (TPSA) is 51.7 Å². The van der Waals surface area contributed by atoms with Crippen LogP contribution >= 0.6 is 11.6 Å². The van der Waals surface area contributed by atoms with E-state index in [1.54, 1.807) is 29.3 Å². The van der Waals surface area contributed by atoms with Crippen molar-refractivity contribution in [3.05, 3.63) is 58.9 Å². The number of amides is 1.